The van der Waals surface area contributed by atoms with Crippen LogP contribution in [0.25, 0.3) is 0 Å². The monoisotopic (exact) mass is 222 g/mol. The number of ether oxygens (including phenoxy) is 1. The molecule has 4 nitrogen and oxygen atoms in total. The van der Waals surface area contributed by atoms with Gasteiger partial charge in [-0.15, -0.1) is 0 Å². The van der Waals surface area contributed by atoms with Crippen molar-refractivity contribution in [1.29, 1.82) is 0 Å². The largest absolute Gasteiger partial charge is 0.469 e. The SMILES string of the molecule is NC1Cc2occc2C(N2CCOCC2)C1. The first kappa shape index (κ1) is 10.3. The quantitative estimate of drug-likeness (QED) is 0.768. The van der Waals surface area contributed by atoms with Gasteiger partial charge >= 0.3 is 0 Å². The molecule has 2 atom stereocenters. The third-order valence-corrected chi connectivity index (χ3v) is 3.60. The predicted molar refractivity (Wildman–Crippen MR) is 60.1 cm³/mol. The molecule has 16 heavy (non-hydrogen) atoms. The fraction of sp³-hybridized carbons (Fsp3) is 0.667. The standard InChI is InChI=1S/C12H18N2O2/c13-9-7-11(14-2-5-15-6-3-14)10-1-4-16-12(10)8-9/h1,4,9,11H,2-3,5-8,13H2. The first-order valence-corrected chi connectivity index (χ1v) is 5.98. The lowest BCUT2D eigenvalue weighted by atomic mass is 9.89. The highest BCUT2D eigenvalue weighted by Gasteiger charge is 2.32. The van der Waals surface area contributed by atoms with E-state index in [0.29, 0.717) is 6.04 Å². The number of hydrogen-bond acceptors (Lipinski definition) is 4. The Morgan fingerprint density at radius 3 is 2.94 bits per heavy atom. The van der Waals surface area contributed by atoms with E-state index in [2.05, 4.69) is 11.0 Å². The summed E-state index contributed by atoms with van der Waals surface area (Å²) in [5, 5.41) is 0. The van der Waals surface area contributed by atoms with Gasteiger partial charge in [-0.25, -0.2) is 0 Å². The number of fused-ring (bicyclic) bond motifs is 1. The number of nitrogens with zero attached hydrogens (tertiary/aromatic N) is 1. The van der Waals surface area contributed by atoms with E-state index in [-0.39, 0.29) is 6.04 Å². The normalized spacial score (nSPS) is 31.3. The summed E-state index contributed by atoms with van der Waals surface area (Å²) in [5.74, 6) is 1.08. The lowest BCUT2D eigenvalue weighted by Crippen LogP contribution is -2.43. The van der Waals surface area contributed by atoms with Gasteiger partial charge in [0.05, 0.1) is 19.5 Å². The third-order valence-electron chi connectivity index (χ3n) is 3.60. The molecule has 1 saturated heterocycles. The molecule has 1 aromatic rings. The van der Waals surface area contributed by atoms with Crippen molar-refractivity contribution >= 4 is 0 Å². The highest BCUT2D eigenvalue weighted by atomic mass is 16.5. The Labute approximate surface area is 95.3 Å². The van der Waals surface area contributed by atoms with Gasteiger partial charge in [0.15, 0.2) is 0 Å². The third kappa shape index (κ3) is 1.77. The van der Waals surface area contributed by atoms with Crippen LogP contribution in [0.5, 0.6) is 0 Å². The summed E-state index contributed by atoms with van der Waals surface area (Å²) in [4.78, 5) is 2.47. The van der Waals surface area contributed by atoms with Crippen molar-refractivity contribution in [1.82, 2.24) is 4.90 Å². The summed E-state index contributed by atoms with van der Waals surface area (Å²) in [6.45, 7) is 3.67. The van der Waals surface area contributed by atoms with Crippen LogP contribution in [-0.2, 0) is 11.2 Å². The second-order valence-corrected chi connectivity index (χ2v) is 4.66. The fourth-order valence-electron chi connectivity index (χ4n) is 2.78. The van der Waals surface area contributed by atoms with Crippen LogP contribution in [0.3, 0.4) is 0 Å². The van der Waals surface area contributed by atoms with Crippen LogP contribution < -0.4 is 5.73 Å². The van der Waals surface area contributed by atoms with Crippen molar-refractivity contribution in [3.8, 4) is 0 Å². The molecule has 1 aliphatic heterocycles. The molecule has 1 aromatic heterocycles. The molecule has 1 aliphatic carbocycles. The van der Waals surface area contributed by atoms with Crippen molar-refractivity contribution in [3.05, 3.63) is 23.7 Å². The number of furan rings is 1. The molecule has 0 spiro atoms. The van der Waals surface area contributed by atoms with E-state index in [9.17, 15) is 0 Å². The predicted octanol–water partition coefficient (Wildman–Crippen LogP) is 0.926. The van der Waals surface area contributed by atoms with Crippen LogP contribution in [-0.4, -0.2) is 37.2 Å². The number of rotatable bonds is 1. The lowest BCUT2D eigenvalue weighted by Gasteiger charge is -2.38. The molecule has 4 heteroatoms. The van der Waals surface area contributed by atoms with E-state index in [1.807, 2.05) is 0 Å². The molecule has 1 fully saturated rings. The van der Waals surface area contributed by atoms with E-state index < -0.39 is 0 Å². The Hall–Kier alpha value is -0.840. The summed E-state index contributed by atoms with van der Waals surface area (Å²) in [7, 11) is 0. The smallest absolute Gasteiger partial charge is 0.110 e. The molecule has 2 heterocycles. The molecule has 88 valence electrons. The van der Waals surface area contributed by atoms with Gasteiger partial charge in [0.2, 0.25) is 0 Å². The molecule has 0 amide bonds. The van der Waals surface area contributed by atoms with Gasteiger partial charge in [0.25, 0.3) is 0 Å². The van der Waals surface area contributed by atoms with Gasteiger partial charge in [-0.1, -0.05) is 0 Å². The maximum absolute atomic E-state index is 6.09. The Morgan fingerprint density at radius 2 is 2.12 bits per heavy atom. The van der Waals surface area contributed by atoms with Gasteiger partial charge in [0, 0.05) is 37.2 Å². The van der Waals surface area contributed by atoms with Crippen LogP contribution >= 0.6 is 0 Å². The zero-order chi connectivity index (χ0) is 11.0. The minimum Gasteiger partial charge on any atom is -0.469 e. The van der Waals surface area contributed by atoms with Crippen molar-refractivity contribution in [3.63, 3.8) is 0 Å². The zero-order valence-corrected chi connectivity index (χ0v) is 9.39. The highest BCUT2D eigenvalue weighted by Crippen LogP contribution is 2.34. The molecule has 3 rings (SSSR count). The molecular formula is C12H18N2O2. The Bertz CT molecular complexity index is 358. The maximum atomic E-state index is 6.09. The average Bonchev–Trinajstić information content (AvgIpc) is 2.77. The zero-order valence-electron chi connectivity index (χ0n) is 9.39. The summed E-state index contributed by atoms with van der Waals surface area (Å²) >= 11 is 0. The van der Waals surface area contributed by atoms with Crippen molar-refractivity contribution < 1.29 is 9.15 Å². The molecular weight excluding hydrogens is 204 g/mol. The molecule has 2 N–H and O–H groups in total. The van der Waals surface area contributed by atoms with E-state index in [1.54, 1.807) is 6.26 Å². The fourth-order valence-corrected chi connectivity index (χ4v) is 2.78. The molecule has 2 aliphatic rings. The maximum Gasteiger partial charge on any atom is 0.110 e. The number of morpholine rings is 1. The van der Waals surface area contributed by atoms with Crippen LogP contribution in [0, 0.1) is 0 Å². The Balaban J connectivity index is 1.84. The molecule has 2 unspecified atom stereocenters. The van der Waals surface area contributed by atoms with Crippen molar-refractivity contribution in [2.45, 2.75) is 24.9 Å². The molecule has 0 radical (unpaired) electrons. The van der Waals surface area contributed by atoms with Crippen LogP contribution in [0.2, 0.25) is 0 Å². The average molecular weight is 222 g/mol. The van der Waals surface area contributed by atoms with Gasteiger partial charge in [-0.2, -0.15) is 0 Å². The second-order valence-electron chi connectivity index (χ2n) is 4.66. The van der Waals surface area contributed by atoms with Crippen LogP contribution in [0.15, 0.2) is 16.7 Å². The van der Waals surface area contributed by atoms with Crippen LogP contribution in [0.4, 0.5) is 0 Å². The molecule has 0 bridgehead atoms. The number of nitrogens with two attached hydrogens (primary N) is 1. The van der Waals surface area contributed by atoms with E-state index in [1.165, 1.54) is 5.56 Å². The second kappa shape index (κ2) is 4.20. The van der Waals surface area contributed by atoms with E-state index >= 15 is 0 Å². The summed E-state index contributed by atoms with van der Waals surface area (Å²) in [6.07, 6.45) is 3.70. The van der Waals surface area contributed by atoms with Gasteiger partial charge < -0.3 is 14.9 Å². The molecule has 0 saturated carbocycles. The lowest BCUT2D eigenvalue weighted by molar-refractivity contribution is 0.0106. The van der Waals surface area contributed by atoms with Gasteiger partial charge in [-0.3, -0.25) is 4.90 Å². The van der Waals surface area contributed by atoms with Crippen LogP contribution in [0.1, 0.15) is 23.8 Å². The van der Waals surface area contributed by atoms with Gasteiger partial charge in [-0.05, 0) is 12.5 Å². The summed E-state index contributed by atoms with van der Waals surface area (Å²) < 4.78 is 10.9. The Kier molecular flexibility index (Phi) is 2.71. The highest BCUT2D eigenvalue weighted by molar-refractivity contribution is 5.26. The summed E-state index contributed by atoms with van der Waals surface area (Å²) in [5.41, 5.74) is 7.42. The first-order valence-electron chi connectivity index (χ1n) is 5.98. The van der Waals surface area contributed by atoms with Gasteiger partial charge in [0.1, 0.15) is 5.76 Å². The minimum atomic E-state index is 0.228. The first-order chi connectivity index (χ1) is 7.84. The van der Waals surface area contributed by atoms with Crippen molar-refractivity contribution in [2.75, 3.05) is 26.3 Å². The Morgan fingerprint density at radius 1 is 1.31 bits per heavy atom. The van der Waals surface area contributed by atoms with Crippen molar-refractivity contribution in [2.24, 2.45) is 5.73 Å². The van der Waals surface area contributed by atoms with E-state index in [0.717, 1.165) is 44.9 Å². The molecule has 0 aromatic carbocycles. The van der Waals surface area contributed by atoms with E-state index in [4.69, 9.17) is 14.9 Å². The summed E-state index contributed by atoms with van der Waals surface area (Å²) in [6, 6.07) is 2.76. The number of hydrogen-bond donors (Lipinski definition) is 1. The minimum absolute atomic E-state index is 0.228. The topological polar surface area (TPSA) is 51.6 Å².